The molecule has 0 aliphatic heterocycles. The largest absolute Gasteiger partial charge is 0.461 e. The summed E-state index contributed by atoms with van der Waals surface area (Å²) in [5, 5.41) is 3.71. The van der Waals surface area contributed by atoms with E-state index in [0.29, 0.717) is 17.0 Å². The molecule has 2 rings (SSSR count). The van der Waals surface area contributed by atoms with Crippen LogP contribution in [0.1, 0.15) is 12.5 Å². The number of fused-ring (bicyclic) bond motifs is 1. The Kier molecular flexibility index (Phi) is 2.73. The van der Waals surface area contributed by atoms with Crippen LogP contribution in [0.15, 0.2) is 28.9 Å². The van der Waals surface area contributed by atoms with Crippen LogP contribution in [0.5, 0.6) is 0 Å². The van der Waals surface area contributed by atoms with E-state index in [4.69, 9.17) is 4.42 Å². The van der Waals surface area contributed by atoms with Crippen LogP contribution in [0.25, 0.3) is 11.0 Å². The zero-order chi connectivity index (χ0) is 10.8. The predicted molar refractivity (Wildman–Crippen MR) is 58.4 cm³/mol. The van der Waals surface area contributed by atoms with Crippen LogP contribution < -0.4 is 5.32 Å². The second kappa shape index (κ2) is 4.03. The molecule has 1 atom stereocenters. The molecule has 0 saturated heterocycles. The lowest BCUT2D eigenvalue weighted by molar-refractivity contribution is 0.557. The highest BCUT2D eigenvalue weighted by Crippen LogP contribution is 2.21. The molecule has 0 fully saturated rings. The Labute approximate surface area is 88.1 Å². The molecular formula is C12H14FNO. The Balaban J connectivity index is 2.31. The molecule has 0 unspecified atom stereocenters. The van der Waals surface area contributed by atoms with Gasteiger partial charge in [0.05, 0.1) is 5.39 Å². The van der Waals surface area contributed by atoms with E-state index in [9.17, 15) is 4.39 Å². The van der Waals surface area contributed by atoms with Crippen LogP contribution in [0.2, 0.25) is 0 Å². The third kappa shape index (κ3) is 2.02. The molecule has 1 heterocycles. The number of halogens is 1. The molecule has 80 valence electrons. The van der Waals surface area contributed by atoms with Gasteiger partial charge in [-0.05, 0) is 38.1 Å². The Morgan fingerprint density at radius 2 is 2.27 bits per heavy atom. The van der Waals surface area contributed by atoms with Crippen LogP contribution in [-0.2, 0) is 6.42 Å². The summed E-state index contributed by atoms with van der Waals surface area (Å²) in [7, 11) is 1.93. The van der Waals surface area contributed by atoms with Gasteiger partial charge in [0, 0.05) is 6.04 Å². The van der Waals surface area contributed by atoms with Crippen molar-refractivity contribution in [3.8, 4) is 0 Å². The van der Waals surface area contributed by atoms with Crippen molar-refractivity contribution in [2.45, 2.75) is 19.4 Å². The molecule has 0 aliphatic rings. The highest BCUT2D eigenvalue weighted by Gasteiger charge is 2.07. The van der Waals surface area contributed by atoms with Gasteiger partial charge in [-0.2, -0.15) is 0 Å². The second-order valence-corrected chi connectivity index (χ2v) is 3.81. The summed E-state index contributed by atoms with van der Waals surface area (Å²) in [4.78, 5) is 0. The number of rotatable bonds is 3. The Morgan fingerprint density at radius 3 is 3.00 bits per heavy atom. The zero-order valence-electron chi connectivity index (χ0n) is 8.88. The van der Waals surface area contributed by atoms with E-state index in [2.05, 4.69) is 12.2 Å². The normalized spacial score (nSPS) is 13.3. The third-order valence-electron chi connectivity index (χ3n) is 2.63. The Hall–Kier alpha value is -1.35. The van der Waals surface area contributed by atoms with Gasteiger partial charge in [-0.25, -0.2) is 4.39 Å². The van der Waals surface area contributed by atoms with Crippen molar-refractivity contribution in [2.24, 2.45) is 0 Å². The zero-order valence-corrected chi connectivity index (χ0v) is 8.88. The summed E-state index contributed by atoms with van der Waals surface area (Å²) < 4.78 is 18.2. The highest BCUT2D eigenvalue weighted by atomic mass is 19.1. The summed E-state index contributed by atoms with van der Waals surface area (Å²) in [6, 6.07) is 6.01. The van der Waals surface area contributed by atoms with Crippen molar-refractivity contribution >= 4 is 11.0 Å². The van der Waals surface area contributed by atoms with Gasteiger partial charge in [0.25, 0.3) is 0 Å². The molecule has 0 aliphatic carbocycles. The van der Waals surface area contributed by atoms with Gasteiger partial charge in [0.2, 0.25) is 0 Å². The van der Waals surface area contributed by atoms with E-state index >= 15 is 0 Å². The first-order valence-corrected chi connectivity index (χ1v) is 5.03. The molecule has 1 N–H and O–H groups in total. The summed E-state index contributed by atoms with van der Waals surface area (Å²) >= 11 is 0. The van der Waals surface area contributed by atoms with Gasteiger partial charge < -0.3 is 9.73 Å². The van der Waals surface area contributed by atoms with Gasteiger partial charge in [0.15, 0.2) is 5.82 Å². The fourth-order valence-corrected chi connectivity index (χ4v) is 1.62. The number of hydrogen-bond acceptors (Lipinski definition) is 2. The average Bonchev–Trinajstić information content (AvgIpc) is 2.60. The van der Waals surface area contributed by atoms with Crippen molar-refractivity contribution in [1.29, 1.82) is 0 Å². The molecule has 0 amide bonds. The molecule has 3 heteroatoms. The molecule has 2 aromatic rings. The minimum Gasteiger partial charge on any atom is -0.461 e. The number of benzene rings is 1. The first-order valence-electron chi connectivity index (χ1n) is 5.03. The smallest absolute Gasteiger partial charge is 0.169 e. The van der Waals surface area contributed by atoms with E-state index < -0.39 is 0 Å². The maximum atomic E-state index is 13.1. The molecule has 0 spiro atoms. The molecular weight excluding hydrogens is 193 g/mol. The lowest BCUT2D eigenvalue weighted by Crippen LogP contribution is -2.23. The van der Waals surface area contributed by atoms with Crippen molar-refractivity contribution in [3.05, 3.63) is 35.8 Å². The molecule has 0 radical (unpaired) electrons. The average molecular weight is 207 g/mol. The van der Waals surface area contributed by atoms with Crippen molar-refractivity contribution < 1.29 is 8.81 Å². The second-order valence-electron chi connectivity index (χ2n) is 3.81. The number of nitrogens with one attached hydrogen (secondary N) is 1. The van der Waals surface area contributed by atoms with Crippen molar-refractivity contribution in [3.63, 3.8) is 0 Å². The standard InChI is InChI=1S/C12H14FNO/c1-8(14-2)5-9-3-4-10-11(13)7-15-12(10)6-9/h3-4,6-8,14H,5H2,1-2H3/t8-/m1/s1. The summed E-state index contributed by atoms with van der Waals surface area (Å²) in [5.41, 5.74) is 1.77. The first-order chi connectivity index (χ1) is 7.20. The number of hydrogen-bond donors (Lipinski definition) is 1. The SMILES string of the molecule is CN[C@H](C)Cc1ccc2c(F)coc2c1. The number of furan rings is 1. The topological polar surface area (TPSA) is 25.2 Å². The highest BCUT2D eigenvalue weighted by molar-refractivity contribution is 5.78. The number of likely N-dealkylation sites (N-methyl/N-ethyl adjacent to an activating group) is 1. The summed E-state index contributed by atoms with van der Waals surface area (Å²) in [6.45, 7) is 2.10. The summed E-state index contributed by atoms with van der Waals surface area (Å²) in [5.74, 6) is -0.293. The molecule has 0 saturated carbocycles. The monoisotopic (exact) mass is 207 g/mol. The quantitative estimate of drug-likeness (QED) is 0.837. The van der Waals surface area contributed by atoms with E-state index in [1.807, 2.05) is 19.2 Å². The van der Waals surface area contributed by atoms with E-state index in [0.717, 1.165) is 18.2 Å². The maximum Gasteiger partial charge on any atom is 0.169 e. The summed E-state index contributed by atoms with van der Waals surface area (Å²) in [6.07, 6.45) is 2.06. The van der Waals surface area contributed by atoms with Crippen LogP contribution in [-0.4, -0.2) is 13.1 Å². The van der Waals surface area contributed by atoms with Crippen LogP contribution in [0, 0.1) is 5.82 Å². The van der Waals surface area contributed by atoms with Crippen LogP contribution in [0.3, 0.4) is 0 Å². The van der Waals surface area contributed by atoms with E-state index in [-0.39, 0.29) is 5.82 Å². The molecule has 15 heavy (non-hydrogen) atoms. The fourth-order valence-electron chi connectivity index (χ4n) is 1.62. The van der Waals surface area contributed by atoms with Crippen LogP contribution >= 0.6 is 0 Å². The van der Waals surface area contributed by atoms with Gasteiger partial charge in [-0.3, -0.25) is 0 Å². The molecule has 1 aromatic heterocycles. The Bertz CT molecular complexity index is 464. The fraction of sp³-hybridized carbons (Fsp3) is 0.333. The molecule has 0 bridgehead atoms. The van der Waals surface area contributed by atoms with Crippen LogP contribution in [0.4, 0.5) is 4.39 Å². The lowest BCUT2D eigenvalue weighted by atomic mass is 10.1. The van der Waals surface area contributed by atoms with Gasteiger partial charge >= 0.3 is 0 Å². The Morgan fingerprint density at radius 1 is 1.47 bits per heavy atom. The third-order valence-corrected chi connectivity index (χ3v) is 2.63. The van der Waals surface area contributed by atoms with Gasteiger partial charge in [0.1, 0.15) is 11.8 Å². The minimum absolute atomic E-state index is 0.293. The van der Waals surface area contributed by atoms with Gasteiger partial charge in [-0.1, -0.05) is 6.07 Å². The predicted octanol–water partition coefficient (Wildman–Crippen LogP) is 2.72. The van der Waals surface area contributed by atoms with Gasteiger partial charge in [-0.15, -0.1) is 0 Å². The maximum absolute atomic E-state index is 13.1. The first kappa shape index (κ1) is 10.2. The molecule has 1 aromatic carbocycles. The molecule has 2 nitrogen and oxygen atoms in total. The van der Waals surface area contributed by atoms with E-state index in [1.165, 1.54) is 0 Å². The van der Waals surface area contributed by atoms with E-state index in [1.54, 1.807) is 6.07 Å². The minimum atomic E-state index is -0.293. The van der Waals surface area contributed by atoms with Crippen molar-refractivity contribution in [2.75, 3.05) is 7.05 Å². The van der Waals surface area contributed by atoms with Crippen molar-refractivity contribution in [1.82, 2.24) is 5.32 Å². The lowest BCUT2D eigenvalue weighted by Gasteiger charge is -2.09.